The van der Waals surface area contributed by atoms with Crippen LogP contribution in [0.2, 0.25) is 5.02 Å². The third-order valence-corrected chi connectivity index (χ3v) is 6.69. The van der Waals surface area contributed by atoms with Crippen molar-refractivity contribution >= 4 is 21.6 Å². The smallest absolute Gasteiger partial charge is 0.243 e. The number of H-pyrrole nitrogens is 1. The summed E-state index contributed by atoms with van der Waals surface area (Å²) in [4.78, 5) is 0.255. The molecule has 1 N–H and O–H groups in total. The van der Waals surface area contributed by atoms with Gasteiger partial charge >= 0.3 is 0 Å². The zero-order valence-electron chi connectivity index (χ0n) is 15.3. The lowest BCUT2D eigenvalue weighted by Gasteiger charge is -2.18. The molecule has 1 heterocycles. The molecule has 142 valence electrons. The summed E-state index contributed by atoms with van der Waals surface area (Å²) in [6.45, 7) is 2.18. The van der Waals surface area contributed by atoms with Gasteiger partial charge in [-0.25, -0.2) is 12.7 Å². The van der Waals surface area contributed by atoms with Gasteiger partial charge in [-0.15, -0.1) is 0 Å². The molecule has 0 atom stereocenters. The average molecular weight is 404 g/mol. The zero-order chi connectivity index (χ0) is 19.4. The molecule has 0 saturated heterocycles. The molecule has 0 aliphatic heterocycles. The summed E-state index contributed by atoms with van der Waals surface area (Å²) in [7, 11) is -1.97. The van der Waals surface area contributed by atoms with Crippen LogP contribution in [0.1, 0.15) is 17.7 Å². The highest BCUT2D eigenvalue weighted by Crippen LogP contribution is 2.23. The van der Waals surface area contributed by atoms with E-state index in [-0.39, 0.29) is 4.90 Å². The largest absolute Gasteiger partial charge is 0.282 e. The first-order valence-corrected chi connectivity index (χ1v) is 10.5. The molecule has 0 aliphatic carbocycles. The standard InChI is InChI=1S/C20H22ClN3O2S/c1-15-10-11-17(21)13-20(15)27(25,26)24(2)12-6-9-18-14-19(23-22-18)16-7-4-3-5-8-16/h3-5,7-8,10-11,13-14H,6,9,12H2,1-2H3,(H,22,23). The maximum absolute atomic E-state index is 12.8. The Morgan fingerprint density at radius 1 is 1.11 bits per heavy atom. The molecule has 3 aromatic rings. The summed E-state index contributed by atoms with van der Waals surface area (Å²) >= 11 is 5.97. The fourth-order valence-corrected chi connectivity index (χ4v) is 4.57. The average Bonchev–Trinajstić information content (AvgIpc) is 3.13. The Hall–Kier alpha value is -2.15. The fraction of sp³-hybridized carbons (Fsp3) is 0.250. The van der Waals surface area contributed by atoms with Gasteiger partial charge in [-0.1, -0.05) is 48.0 Å². The summed E-state index contributed by atoms with van der Waals surface area (Å²) < 4.78 is 26.9. The monoisotopic (exact) mass is 403 g/mol. The van der Waals surface area contributed by atoms with Crippen molar-refractivity contribution in [3.8, 4) is 11.3 Å². The highest BCUT2D eigenvalue weighted by atomic mass is 35.5. The number of aromatic amines is 1. The van der Waals surface area contributed by atoms with Crippen molar-refractivity contribution in [1.29, 1.82) is 0 Å². The minimum absolute atomic E-state index is 0.255. The number of hydrogen-bond donors (Lipinski definition) is 1. The van der Waals surface area contributed by atoms with Crippen molar-refractivity contribution in [1.82, 2.24) is 14.5 Å². The van der Waals surface area contributed by atoms with E-state index in [2.05, 4.69) is 10.2 Å². The van der Waals surface area contributed by atoms with Crippen LogP contribution < -0.4 is 0 Å². The first-order chi connectivity index (χ1) is 12.9. The fourth-order valence-electron chi connectivity index (χ4n) is 2.88. The number of benzene rings is 2. The molecule has 5 nitrogen and oxygen atoms in total. The number of halogens is 1. The summed E-state index contributed by atoms with van der Waals surface area (Å²) in [6.07, 6.45) is 1.40. The Balaban J connectivity index is 1.62. The van der Waals surface area contributed by atoms with Crippen LogP contribution in [0.3, 0.4) is 0 Å². The molecule has 7 heteroatoms. The van der Waals surface area contributed by atoms with Gasteiger partial charge in [0.25, 0.3) is 0 Å². The Morgan fingerprint density at radius 2 is 1.85 bits per heavy atom. The van der Waals surface area contributed by atoms with Gasteiger partial charge in [0.2, 0.25) is 10.0 Å². The highest BCUT2D eigenvalue weighted by Gasteiger charge is 2.22. The summed E-state index contributed by atoms with van der Waals surface area (Å²) in [6, 6.07) is 16.9. The molecule has 0 amide bonds. The second-order valence-corrected chi connectivity index (χ2v) is 8.93. The van der Waals surface area contributed by atoms with Crippen molar-refractivity contribution in [2.45, 2.75) is 24.7 Å². The van der Waals surface area contributed by atoms with Gasteiger partial charge in [-0.3, -0.25) is 5.10 Å². The minimum Gasteiger partial charge on any atom is -0.282 e. The SMILES string of the molecule is Cc1ccc(Cl)cc1S(=O)(=O)N(C)CCCc1cc(-c2ccccc2)n[nH]1. The van der Waals surface area contributed by atoms with Crippen LogP contribution in [-0.4, -0.2) is 36.5 Å². The molecular weight excluding hydrogens is 382 g/mol. The first kappa shape index (κ1) is 19.6. The Bertz CT molecular complexity index is 1020. The van der Waals surface area contributed by atoms with Gasteiger partial charge in [0.15, 0.2) is 0 Å². The van der Waals surface area contributed by atoms with Crippen molar-refractivity contribution in [2.75, 3.05) is 13.6 Å². The molecule has 0 radical (unpaired) electrons. The predicted molar refractivity (Wildman–Crippen MR) is 108 cm³/mol. The van der Waals surface area contributed by atoms with Gasteiger partial charge in [0.05, 0.1) is 10.6 Å². The number of sulfonamides is 1. The van der Waals surface area contributed by atoms with Gasteiger partial charge in [0.1, 0.15) is 0 Å². The quantitative estimate of drug-likeness (QED) is 0.639. The van der Waals surface area contributed by atoms with E-state index in [0.29, 0.717) is 30.0 Å². The molecule has 0 unspecified atom stereocenters. The highest BCUT2D eigenvalue weighted by molar-refractivity contribution is 7.89. The third-order valence-electron chi connectivity index (χ3n) is 4.46. The molecule has 0 saturated carbocycles. The van der Waals surface area contributed by atoms with Crippen LogP contribution in [-0.2, 0) is 16.4 Å². The van der Waals surface area contributed by atoms with Crippen LogP contribution in [0.5, 0.6) is 0 Å². The molecule has 0 spiro atoms. The number of aryl methyl sites for hydroxylation is 2. The molecular formula is C20H22ClN3O2S. The van der Waals surface area contributed by atoms with E-state index in [9.17, 15) is 8.42 Å². The lowest BCUT2D eigenvalue weighted by Crippen LogP contribution is -2.28. The number of nitrogens with zero attached hydrogens (tertiary/aromatic N) is 2. The molecule has 3 rings (SSSR count). The number of nitrogens with one attached hydrogen (secondary N) is 1. The number of hydrogen-bond acceptors (Lipinski definition) is 3. The van der Waals surface area contributed by atoms with Crippen LogP contribution in [0.4, 0.5) is 0 Å². The summed E-state index contributed by atoms with van der Waals surface area (Å²) in [5, 5.41) is 7.78. The van der Waals surface area contributed by atoms with E-state index in [1.807, 2.05) is 36.4 Å². The summed E-state index contributed by atoms with van der Waals surface area (Å²) in [5.74, 6) is 0. The van der Waals surface area contributed by atoms with Crippen molar-refractivity contribution < 1.29 is 8.42 Å². The van der Waals surface area contributed by atoms with E-state index >= 15 is 0 Å². The van der Waals surface area contributed by atoms with Crippen LogP contribution >= 0.6 is 11.6 Å². The predicted octanol–water partition coefficient (Wildman–Crippen LogP) is 4.29. The topological polar surface area (TPSA) is 66.1 Å². The van der Waals surface area contributed by atoms with Crippen molar-refractivity contribution in [2.24, 2.45) is 0 Å². The molecule has 0 aliphatic rings. The van der Waals surface area contributed by atoms with Gasteiger partial charge in [-0.2, -0.15) is 5.10 Å². The van der Waals surface area contributed by atoms with Crippen LogP contribution in [0.15, 0.2) is 59.5 Å². The Morgan fingerprint density at radius 3 is 2.59 bits per heavy atom. The van der Waals surface area contributed by atoms with Gasteiger partial charge in [0, 0.05) is 29.9 Å². The van der Waals surface area contributed by atoms with Gasteiger partial charge in [-0.05, 0) is 43.5 Å². The molecule has 2 aromatic carbocycles. The molecule has 0 fully saturated rings. The van der Waals surface area contributed by atoms with E-state index in [1.165, 1.54) is 10.4 Å². The molecule has 1 aromatic heterocycles. The maximum atomic E-state index is 12.8. The normalized spacial score (nSPS) is 11.9. The molecule has 0 bridgehead atoms. The van der Waals surface area contributed by atoms with E-state index < -0.39 is 10.0 Å². The third kappa shape index (κ3) is 4.58. The lowest BCUT2D eigenvalue weighted by atomic mass is 10.1. The number of rotatable bonds is 7. The van der Waals surface area contributed by atoms with Crippen molar-refractivity contribution in [3.63, 3.8) is 0 Å². The van der Waals surface area contributed by atoms with Gasteiger partial charge < -0.3 is 0 Å². The van der Waals surface area contributed by atoms with Crippen molar-refractivity contribution in [3.05, 3.63) is 70.9 Å². The van der Waals surface area contributed by atoms with Crippen LogP contribution in [0, 0.1) is 6.92 Å². The van der Waals surface area contributed by atoms with Crippen LogP contribution in [0.25, 0.3) is 11.3 Å². The summed E-state index contributed by atoms with van der Waals surface area (Å²) in [5.41, 5.74) is 3.61. The van der Waals surface area contributed by atoms with E-state index in [0.717, 1.165) is 17.0 Å². The molecule has 27 heavy (non-hydrogen) atoms. The Labute approximate surface area is 165 Å². The lowest BCUT2D eigenvalue weighted by molar-refractivity contribution is 0.460. The minimum atomic E-state index is -3.56. The number of aromatic nitrogens is 2. The maximum Gasteiger partial charge on any atom is 0.243 e. The van der Waals surface area contributed by atoms with E-state index in [1.54, 1.807) is 26.1 Å². The second-order valence-electron chi connectivity index (χ2n) is 6.48. The first-order valence-electron chi connectivity index (χ1n) is 8.70. The second kappa shape index (κ2) is 8.25. The van der Waals surface area contributed by atoms with E-state index in [4.69, 9.17) is 11.6 Å². The Kier molecular flexibility index (Phi) is 5.99. The zero-order valence-corrected chi connectivity index (χ0v) is 16.9.